The van der Waals surface area contributed by atoms with Crippen molar-refractivity contribution in [3.05, 3.63) is 0 Å². The second-order valence-electron chi connectivity index (χ2n) is 2.72. The summed E-state index contributed by atoms with van der Waals surface area (Å²) in [5.74, 6) is 0. The van der Waals surface area contributed by atoms with Gasteiger partial charge in [0.2, 0.25) is 0 Å². The van der Waals surface area contributed by atoms with Crippen molar-refractivity contribution >= 4 is 68.6 Å². The predicted octanol–water partition coefficient (Wildman–Crippen LogP) is 2.80. The van der Waals surface area contributed by atoms with Gasteiger partial charge in [-0.3, -0.25) is 0 Å². The van der Waals surface area contributed by atoms with Crippen LogP contribution in [0.3, 0.4) is 0 Å². The molecule has 0 spiro atoms. The average molecular weight is 478 g/mol. The van der Waals surface area contributed by atoms with E-state index in [4.69, 9.17) is 0 Å². The van der Waals surface area contributed by atoms with E-state index >= 15 is 0 Å². The molecule has 1 saturated carbocycles. The molecule has 1 fully saturated rings. The molecular formula is C5H9I3N2. The zero-order valence-electron chi connectivity index (χ0n) is 5.65. The molecule has 0 bridgehead atoms. The van der Waals surface area contributed by atoms with Gasteiger partial charge in [0, 0.05) is 75.1 Å². The fourth-order valence-electron chi connectivity index (χ4n) is 0.930. The van der Waals surface area contributed by atoms with Crippen LogP contribution >= 0.6 is 68.6 Å². The van der Waals surface area contributed by atoms with Gasteiger partial charge in [-0.25, -0.2) is 3.11 Å². The first kappa shape index (κ1) is 10.2. The van der Waals surface area contributed by atoms with Gasteiger partial charge in [-0.15, -0.1) is 0 Å². The molecule has 5 heteroatoms. The van der Waals surface area contributed by atoms with Crippen LogP contribution in [0.25, 0.3) is 0 Å². The Morgan fingerprint density at radius 1 is 1.30 bits per heavy atom. The summed E-state index contributed by atoms with van der Waals surface area (Å²) in [6, 6.07) is 0. The third-order valence-electron chi connectivity index (χ3n) is 1.70. The normalized spacial score (nSPS) is 22.2. The maximum atomic E-state index is 2.37. The molecule has 0 unspecified atom stereocenters. The van der Waals surface area contributed by atoms with E-state index in [1.807, 2.05) is 0 Å². The number of nitrogens with zero attached hydrogens (tertiary/aromatic N) is 2. The third-order valence-corrected chi connectivity index (χ3v) is 4.09. The van der Waals surface area contributed by atoms with Crippen molar-refractivity contribution in [2.75, 3.05) is 13.6 Å². The Kier molecular flexibility index (Phi) is 3.95. The summed E-state index contributed by atoms with van der Waals surface area (Å²) >= 11 is 7.08. The first-order valence-corrected chi connectivity index (χ1v) is 5.95. The largest absolute Gasteiger partial charge is 0.249 e. The van der Waals surface area contributed by atoms with Gasteiger partial charge in [-0.05, 0) is 19.9 Å². The van der Waals surface area contributed by atoms with E-state index < -0.39 is 0 Å². The summed E-state index contributed by atoms with van der Waals surface area (Å²) in [5.41, 5.74) is 0.497. The van der Waals surface area contributed by atoms with E-state index in [1.54, 1.807) is 0 Å². The van der Waals surface area contributed by atoms with E-state index in [-0.39, 0.29) is 0 Å². The van der Waals surface area contributed by atoms with Gasteiger partial charge in [-0.1, -0.05) is 0 Å². The average Bonchev–Trinajstić information content (AvgIpc) is 2.46. The second-order valence-corrected chi connectivity index (χ2v) is 8.14. The maximum absolute atomic E-state index is 2.37. The van der Waals surface area contributed by atoms with Crippen molar-refractivity contribution in [2.24, 2.45) is 0 Å². The van der Waals surface area contributed by atoms with E-state index in [1.165, 1.54) is 19.4 Å². The summed E-state index contributed by atoms with van der Waals surface area (Å²) in [5, 5.41) is 0. The highest BCUT2D eigenvalue weighted by Crippen LogP contribution is 2.46. The molecule has 0 aliphatic heterocycles. The van der Waals surface area contributed by atoms with Gasteiger partial charge in [-0.2, -0.15) is 1.33 Å². The van der Waals surface area contributed by atoms with Crippen molar-refractivity contribution < 1.29 is 0 Å². The lowest BCUT2D eigenvalue weighted by atomic mass is 10.3. The third kappa shape index (κ3) is 2.56. The van der Waals surface area contributed by atoms with Gasteiger partial charge in [0.15, 0.2) is 0 Å². The van der Waals surface area contributed by atoms with Crippen LogP contribution in [-0.4, -0.2) is 23.6 Å². The molecule has 60 valence electrons. The molecule has 0 N–H and O–H groups in total. The van der Waals surface area contributed by atoms with Crippen LogP contribution in [0, 0.1) is 0 Å². The first-order valence-electron chi connectivity index (χ1n) is 3.05. The van der Waals surface area contributed by atoms with Gasteiger partial charge in [0.05, 0.1) is 5.54 Å². The van der Waals surface area contributed by atoms with Crippen LogP contribution in [0.15, 0.2) is 0 Å². The number of hydrogen-bond donors (Lipinski definition) is 0. The summed E-state index contributed by atoms with van der Waals surface area (Å²) in [7, 11) is 2.12. The second kappa shape index (κ2) is 3.88. The van der Waals surface area contributed by atoms with Gasteiger partial charge < -0.3 is 0 Å². The predicted molar refractivity (Wildman–Crippen MR) is 68.5 cm³/mol. The summed E-state index contributed by atoms with van der Waals surface area (Å²) in [4.78, 5) is 0. The minimum absolute atomic E-state index is 0.497. The van der Waals surface area contributed by atoms with Gasteiger partial charge in [0.1, 0.15) is 0 Å². The number of rotatable bonds is 3. The highest BCUT2D eigenvalue weighted by molar-refractivity contribution is 14.2. The van der Waals surface area contributed by atoms with E-state index in [9.17, 15) is 0 Å². The zero-order chi connectivity index (χ0) is 7.78. The van der Waals surface area contributed by atoms with Crippen LogP contribution in [0.2, 0.25) is 0 Å². The Labute approximate surface area is 104 Å². The van der Waals surface area contributed by atoms with Crippen LogP contribution < -0.4 is 0 Å². The van der Waals surface area contributed by atoms with E-state index in [0.29, 0.717) is 5.54 Å². The lowest BCUT2D eigenvalue weighted by Crippen LogP contribution is -2.31. The Hall–Kier alpha value is 2.11. The quantitative estimate of drug-likeness (QED) is 0.456. The molecule has 0 amide bonds. The van der Waals surface area contributed by atoms with Gasteiger partial charge in [0.25, 0.3) is 0 Å². The Balaban J connectivity index is 2.38. The van der Waals surface area contributed by atoms with Crippen molar-refractivity contribution in [1.82, 2.24) is 4.44 Å². The molecule has 2 nitrogen and oxygen atoms in total. The lowest BCUT2D eigenvalue weighted by molar-refractivity contribution is 0.441. The highest BCUT2D eigenvalue weighted by Gasteiger charge is 2.47. The standard InChI is InChI=1S/C5H9I3N2/c1-9(6)4-5(2-3-5)10(7)8/h2-4H2,1H3. The smallest absolute Gasteiger partial charge is 0.0544 e. The van der Waals surface area contributed by atoms with Crippen molar-refractivity contribution in [2.45, 2.75) is 18.4 Å². The molecule has 10 heavy (non-hydrogen) atoms. The lowest BCUT2D eigenvalue weighted by Gasteiger charge is -2.21. The monoisotopic (exact) mass is 478 g/mol. The SMILES string of the molecule is CN(I)CC1(N(I)I)CC1. The molecule has 0 saturated heterocycles. The summed E-state index contributed by atoms with van der Waals surface area (Å²) in [6.07, 6.45) is 2.71. The summed E-state index contributed by atoms with van der Waals surface area (Å²) < 4.78 is 4.52. The van der Waals surface area contributed by atoms with Crippen LogP contribution in [0.4, 0.5) is 0 Å². The van der Waals surface area contributed by atoms with Crippen molar-refractivity contribution in [3.63, 3.8) is 0 Å². The highest BCUT2D eigenvalue weighted by atomic mass is 127. The number of likely N-dealkylation sites (N-methyl/N-ethyl adjacent to an activating group) is 1. The van der Waals surface area contributed by atoms with Crippen molar-refractivity contribution in [1.29, 1.82) is 0 Å². The van der Waals surface area contributed by atoms with E-state index in [2.05, 4.69) is 80.1 Å². The molecule has 0 aromatic carbocycles. The molecule has 0 aromatic rings. The molecule has 0 radical (unpaired) electrons. The molecule has 0 aromatic heterocycles. The number of hydrogen-bond acceptors (Lipinski definition) is 2. The molecule has 0 heterocycles. The summed E-state index contributed by atoms with van der Waals surface area (Å²) in [6.45, 7) is 1.18. The molecule has 1 aliphatic carbocycles. The van der Waals surface area contributed by atoms with Crippen LogP contribution in [0.1, 0.15) is 12.8 Å². The van der Waals surface area contributed by atoms with Crippen LogP contribution in [-0.2, 0) is 0 Å². The fraction of sp³-hybridized carbons (Fsp3) is 1.00. The molecular weight excluding hydrogens is 469 g/mol. The zero-order valence-corrected chi connectivity index (χ0v) is 12.1. The van der Waals surface area contributed by atoms with Gasteiger partial charge >= 0.3 is 0 Å². The Morgan fingerprint density at radius 3 is 1.90 bits per heavy atom. The Bertz CT molecular complexity index is 122. The first-order chi connectivity index (χ1) is 4.57. The maximum Gasteiger partial charge on any atom is 0.0544 e. The van der Waals surface area contributed by atoms with E-state index in [0.717, 1.165) is 0 Å². The molecule has 1 rings (SSSR count). The Morgan fingerprint density at radius 2 is 1.80 bits per heavy atom. The molecule has 0 atom stereocenters. The molecule has 1 aliphatic rings. The number of halogens is 3. The minimum atomic E-state index is 0.497. The fourth-order valence-corrected chi connectivity index (χ4v) is 2.84. The minimum Gasteiger partial charge on any atom is -0.249 e. The van der Waals surface area contributed by atoms with Crippen LogP contribution in [0.5, 0.6) is 0 Å². The topological polar surface area (TPSA) is 6.48 Å². The van der Waals surface area contributed by atoms with Crippen molar-refractivity contribution in [3.8, 4) is 0 Å².